The van der Waals surface area contributed by atoms with Crippen molar-refractivity contribution in [2.45, 2.75) is 26.2 Å². The van der Waals surface area contributed by atoms with Crippen molar-refractivity contribution in [3.05, 3.63) is 41.3 Å². The fraction of sp³-hybridized carbons (Fsp3) is 0.308. The van der Waals surface area contributed by atoms with E-state index in [2.05, 4.69) is 48.1 Å². The maximum atomic E-state index is 5.71. The second kappa shape index (κ2) is 4.41. The molecule has 0 unspecified atom stereocenters. The minimum absolute atomic E-state index is 0.153. The van der Waals surface area contributed by atoms with Crippen LogP contribution in [0, 0.1) is 0 Å². The van der Waals surface area contributed by atoms with E-state index in [1.807, 2.05) is 12.1 Å². The van der Waals surface area contributed by atoms with E-state index in [1.54, 1.807) is 6.20 Å². The summed E-state index contributed by atoms with van der Waals surface area (Å²) in [6, 6.07) is 8.26. The molecule has 4 heteroatoms. The molecule has 0 saturated heterocycles. The third kappa shape index (κ3) is 2.80. The number of hydrogen-bond donors (Lipinski definition) is 0. The van der Waals surface area contributed by atoms with Gasteiger partial charge < -0.3 is 0 Å². The molecule has 2 aromatic rings. The smallest absolute Gasteiger partial charge is 0.215 e. The molecular weight excluding hydrogens is 234 g/mol. The van der Waals surface area contributed by atoms with Gasteiger partial charge in [-0.05, 0) is 22.6 Å². The van der Waals surface area contributed by atoms with Gasteiger partial charge in [0.1, 0.15) is 0 Å². The zero-order valence-corrected chi connectivity index (χ0v) is 10.9. The van der Waals surface area contributed by atoms with Crippen molar-refractivity contribution < 1.29 is 0 Å². The number of rotatable bonds is 1. The van der Waals surface area contributed by atoms with Gasteiger partial charge in [0.15, 0.2) is 0 Å². The van der Waals surface area contributed by atoms with E-state index >= 15 is 0 Å². The highest BCUT2D eigenvalue weighted by atomic mass is 35.5. The molecule has 1 heterocycles. The molecule has 0 fully saturated rings. The lowest BCUT2D eigenvalue weighted by Gasteiger charge is -2.19. The van der Waals surface area contributed by atoms with Crippen molar-refractivity contribution in [3.8, 4) is 11.3 Å². The van der Waals surface area contributed by atoms with Gasteiger partial charge in [-0.1, -0.05) is 45.0 Å². The van der Waals surface area contributed by atoms with Crippen LogP contribution in [-0.4, -0.2) is 15.2 Å². The summed E-state index contributed by atoms with van der Waals surface area (Å²) in [4.78, 5) is 4.13. The van der Waals surface area contributed by atoms with Crippen molar-refractivity contribution in [2.75, 3.05) is 0 Å². The molecule has 17 heavy (non-hydrogen) atoms. The summed E-state index contributed by atoms with van der Waals surface area (Å²) in [5.41, 5.74) is 3.18. The first-order valence-corrected chi connectivity index (χ1v) is 5.81. The van der Waals surface area contributed by atoms with Crippen LogP contribution in [-0.2, 0) is 5.41 Å². The summed E-state index contributed by atoms with van der Waals surface area (Å²) in [5, 5.41) is 7.58. The minimum atomic E-state index is 0.153. The number of nitrogens with zero attached hydrogens (tertiary/aromatic N) is 3. The molecule has 0 spiro atoms. The largest absolute Gasteiger partial charge is 0.243 e. The molecule has 0 radical (unpaired) electrons. The first-order chi connectivity index (χ1) is 7.97. The van der Waals surface area contributed by atoms with Crippen LogP contribution in [0.1, 0.15) is 26.3 Å². The minimum Gasteiger partial charge on any atom is -0.215 e. The Kier molecular flexibility index (Phi) is 3.11. The molecule has 0 atom stereocenters. The quantitative estimate of drug-likeness (QED) is 0.774. The fourth-order valence-corrected chi connectivity index (χ4v) is 1.70. The average Bonchev–Trinajstić information content (AvgIpc) is 2.28. The van der Waals surface area contributed by atoms with Gasteiger partial charge in [-0.15, -0.1) is 5.10 Å². The van der Waals surface area contributed by atoms with Gasteiger partial charge >= 0.3 is 0 Å². The lowest BCUT2D eigenvalue weighted by atomic mass is 9.86. The van der Waals surface area contributed by atoms with E-state index in [9.17, 15) is 0 Å². The van der Waals surface area contributed by atoms with Crippen LogP contribution in [0.2, 0.25) is 5.28 Å². The van der Waals surface area contributed by atoms with E-state index in [1.165, 1.54) is 5.56 Å². The van der Waals surface area contributed by atoms with Crippen LogP contribution in [0.15, 0.2) is 30.5 Å². The summed E-state index contributed by atoms with van der Waals surface area (Å²) in [6.45, 7) is 6.56. The number of hydrogen-bond acceptors (Lipinski definition) is 3. The van der Waals surface area contributed by atoms with Crippen molar-refractivity contribution in [1.29, 1.82) is 0 Å². The molecule has 0 saturated carbocycles. The first kappa shape index (κ1) is 12.0. The fourth-order valence-electron chi connectivity index (χ4n) is 1.56. The van der Waals surface area contributed by atoms with Gasteiger partial charge in [0.05, 0.1) is 11.9 Å². The highest BCUT2D eigenvalue weighted by molar-refractivity contribution is 6.28. The number of aromatic nitrogens is 3. The molecule has 0 bridgehead atoms. The molecule has 0 N–H and O–H groups in total. The molecule has 1 aromatic heterocycles. The van der Waals surface area contributed by atoms with Crippen molar-refractivity contribution in [2.24, 2.45) is 0 Å². The Morgan fingerprint density at radius 3 is 2.24 bits per heavy atom. The molecule has 1 aromatic carbocycles. The molecule has 0 aliphatic heterocycles. The summed E-state index contributed by atoms with van der Waals surface area (Å²) in [6.07, 6.45) is 1.61. The number of halogens is 1. The SMILES string of the molecule is CC(C)(C)c1ccc(-c2cnnc(Cl)n2)cc1. The standard InChI is InChI=1S/C13H14ClN3/c1-13(2,3)10-6-4-9(5-7-10)11-8-15-17-12(14)16-11/h4-8H,1-3H3. The van der Waals surface area contributed by atoms with Gasteiger partial charge in [0, 0.05) is 5.56 Å². The van der Waals surface area contributed by atoms with Crippen LogP contribution in [0.3, 0.4) is 0 Å². The Balaban J connectivity index is 2.36. The van der Waals surface area contributed by atoms with Crippen LogP contribution in [0.25, 0.3) is 11.3 Å². The van der Waals surface area contributed by atoms with Crippen LogP contribution in [0.5, 0.6) is 0 Å². The van der Waals surface area contributed by atoms with Gasteiger partial charge in [0.2, 0.25) is 5.28 Å². The second-order valence-electron chi connectivity index (χ2n) is 4.94. The van der Waals surface area contributed by atoms with Crippen LogP contribution < -0.4 is 0 Å². The molecule has 0 aliphatic rings. The van der Waals surface area contributed by atoms with Gasteiger partial charge in [-0.25, -0.2) is 4.98 Å². The summed E-state index contributed by atoms with van der Waals surface area (Å²) < 4.78 is 0. The van der Waals surface area contributed by atoms with Crippen molar-refractivity contribution >= 4 is 11.6 Å². The third-order valence-electron chi connectivity index (χ3n) is 2.58. The average molecular weight is 248 g/mol. The zero-order chi connectivity index (χ0) is 12.5. The number of benzene rings is 1. The molecule has 3 nitrogen and oxygen atoms in total. The molecule has 88 valence electrons. The predicted octanol–water partition coefficient (Wildman–Crippen LogP) is 3.49. The Bertz CT molecular complexity index is 515. The van der Waals surface area contributed by atoms with E-state index in [0.29, 0.717) is 0 Å². The first-order valence-electron chi connectivity index (χ1n) is 5.43. The summed E-state index contributed by atoms with van der Waals surface area (Å²) >= 11 is 5.71. The molecule has 0 amide bonds. The summed E-state index contributed by atoms with van der Waals surface area (Å²) in [7, 11) is 0. The van der Waals surface area contributed by atoms with Gasteiger partial charge in [-0.2, -0.15) is 5.10 Å². The highest BCUT2D eigenvalue weighted by Crippen LogP contribution is 2.25. The highest BCUT2D eigenvalue weighted by Gasteiger charge is 2.13. The van der Waals surface area contributed by atoms with E-state index in [-0.39, 0.29) is 10.7 Å². The van der Waals surface area contributed by atoms with E-state index < -0.39 is 0 Å². The molecule has 0 aliphatic carbocycles. The topological polar surface area (TPSA) is 38.7 Å². The van der Waals surface area contributed by atoms with E-state index in [0.717, 1.165) is 11.3 Å². The maximum absolute atomic E-state index is 5.71. The maximum Gasteiger partial charge on any atom is 0.243 e. The molecule has 2 rings (SSSR count). The van der Waals surface area contributed by atoms with Crippen molar-refractivity contribution in [3.63, 3.8) is 0 Å². The third-order valence-corrected chi connectivity index (χ3v) is 2.74. The lowest BCUT2D eigenvalue weighted by molar-refractivity contribution is 0.590. The normalized spacial score (nSPS) is 11.5. The zero-order valence-electron chi connectivity index (χ0n) is 10.1. The monoisotopic (exact) mass is 247 g/mol. The Morgan fingerprint density at radius 1 is 1.06 bits per heavy atom. The van der Waals surface area contributed by atoms with Gasteiger partial charge in [0.25, 0.3) is 0 Å². The van der Waals surface area contributed by atoms with Crippen LogP contribution >= 0.6 is 11.6 Å². The Labute approximate surface area is 106 Å². The van der Waals surface area contributed by atoms with Crippen LogP contribution in [0.4, 0.5) is 0 Å². The van der Waals surface area contributed by atoms with Crippen molar-refractivity contribution in [1.82, 2.24) is 15.2 Å². The summed E-state index contributed by atoms with van der Waals surface area (Å²) in [5.74, 6) is 0. The lowest BCUT2D eigenvalue weighted by Crippen LogP contribution is -2.10. The molecular formula is C13H14ClN3. The predicted molar refractivity (Wildman–Crippen MR) is 69.0 cm³/mol. The van der Waals surface area contributed by atoms with Gasteiger partial charge in [-0.3, -0.25) is 0 Å². The second-order valence-corrected chi connectivity index (χ2v) is 5.28. The Morgan fingerprint density at radius 2 is 1.71 bits per heavy atom. The van der Waals surface area contributed by atoms with E-state index in [4.69, 9.17) is 11.6 Å². The Hall–Kier alpha value is -1.48.